The van der Waals surface area contributed by atoms with Crippen LogP contribution in [0, 0.1) is 19.8 Å². The predicted octanol–water partition coefficient (Wildman–Crippen LogP) is 3.63. The molecular formula is C22H24N2O2. The average Bonchev–Trinajstić information content (AvgIpc) is 3.16. The Morgan fingerprint density at radius 2 is 1.81 bits per heavy atom. The van der Waals surface area contributed by atoms with Gasteiger partial charge in [0.05, 0.1) is 5.92 Å². The molecule has 134 valence electrons. The molecule has 0 radical (unpaired) electrons. The summed E-state index contributed by atoms with van der Waals surface area (Å²) in [5.41, 5.74) is 5.33. The molecule has 4 heteroatoms. The van der Waals surface area contributed by atoms with E-state index < -0.39 is 0 Å². The molecule has 1 saturated heterocycles. The standard InChI is InChI=1S/C22H24N2O2/c1-14-8-9-15(2)20(10-14)23-13-18(12-21(23)25)22(26)24-16(3)11-17-6-4-5-7-19(17)24/h4-10,16,18H,11-13H2,1-3H3. The molecule has 0 bridgehead atoms. The van der Waals surface area contributed by atoms with E-state index in [2.05, 4.69) is 13.0 Å². The summed E-state index contributed by atoms with van der Waals surface area (Å²) in [7, 11) is 0. The third-order valence-electron chi connectivity index (χ3n) is 5.57. The second-order valence-electron chi connectivity index (χ2n) is 7.59. The van der Waals surface area contributed by atoms with Gasteiger partial charge in [-0.15, -0.1) is 0 Å². The molecule has 2 heterocycles. The summed E-state index contributed by atoms with van der Waals surface area (Å²) in [6.45, 7) is 6.58. The van der Waals surface area contributed by atoms with Crippen molar-refractivity contribution in [1.82, 2.24) is 0 Å². The minimum atomic E-state index is -0.281. The maximum Gasteiger partial charge on any atom is 0.232 e. The van der Waals surface area contributed by atoms with Gasteiger partial charge in [0.2, 0.25) is 11.8 Å². The van der Waals surface area contributed by atoms with Crippen molar-refractivity contribution < 1.29 is 9.59 Å². The number of hydrogen-bond acceptors (Lipinski definition) is 2. The van der Waals surface area contributed by atoms with Crippen LogP contribution in [0.25, 0.3) is 0 Å². The van der Waals surface area contributed by atoms with Crippen LogP contribution in [0.2, 0.25) is 0 Å². The van der Waals surface area contributed by atoms with Crippen LogP contribution in [0.5, 0.6) is 0 Å². The number of rotatable bonds is 2. The predicted molar refractivity (Wildman–Crippen MR) is 103 cm³/mol. The Hall–Kier alpha value is -2.62. The molecule has 0 aromatic heterocycles. The number of benzene rings is 2. The fourth-order valence-electron chi connectivity index (χ4n) is 4.21. The summed E-state index contributed by atoms with van der Waals surface area (Å²) in [6, 6.07) is 14.3. The molecule has 2 aliphatic heterocycles. The number of fused-ring (bicyclic) bond motifs is 1. The lowest BCUT2D eigenvalue weighted by atomic mass is 10.1. The van der Waals surface area contributed by atoms with Crippen LogP contribution >= 0.6 is 0 Å². The number of amides is 2. The van der Waals surface area contributed by atoms with E-state index in [9.17, 15) is 9.59 Å². The van der Waals surface area contributed by atoms with Gasteiger partial charge in [-0.25, -0.2) is 0 Å². The van der Waals surface area contributed by atoms with Crippen molar-refractivity contribution in [3.63, 3.8) is 0 Å². The Kier molecular flexibility index (Phi) is 4.06. The van der Waals surface area contributed by atoms with Gasteiger partial charge in [-0.2, -0.15) is 0 Å². The molecule has 2 aromatic carbocycles. The molecule has 0 saturated carbocycles. The zero-order valence-corrected chi connectivity index (χ0v) is 15.5. The van der Waals surface area contributed by atoms with Crippen molar-refractivity contribution in [2.75, 3.05) is 16.3 Å². The van der Waals surface area contributed by atoms with Crippen molar-refractivity contribution in [3.8, 4) is 0 Å². The lowest BCUT2D eigenvalue weighted by Crippen LogP contribution is -2.41. The van der Waals surface area contributed by atoms with Gasteiger partial charge < -0.3 is 9.80 Å². The van der Waals surface area contributed by atoms with Crippen LogP contribution < -0.4 is 9.80 Å². The molecule has 4 nitrogen and oxygen atoms in total. The summed E-state index contributed by atoms with van der Waals surface area (Å²) in [5.74, 6) is -0.170. The van der Waals surface area contributed by atoms with Crippen LogP contribution in [-0.4, -0.2) is 24.4 Å². The molecule has 2 unspecified atom stereocenters. The quantitative estimate of drug-likeness (QED) is 0.831. The number of hydrogen-bond donors (Lipinski definition) is 0. The summed E-state index contributed by atoms with van der Waals surface area (Å²) in [5, 5.41) is 0. The first kappa shape index (κ1) is 16.8. The van der Waals surface area contributed by atoms with E-state index in [1.165, 1.54) is 5.56 Å². The van der Waals surface area contributed by atoms with Crippen molar-refractivity contribution >= 4 is 23.2 Å². The topological polar surface area (TPSA) is 40.6 Å². The van der Waals surface area contributed by atoms with Gasteiger partial charge in [0.15, 0.2) is 0 Å². The van der Waals surface area contributed by atoms with Gasteiger partial charge in [-0.3, -0.25) is 9.59 Å². The molecule has 0 spiro atoms. The van der Waals surface area contributed by atoms with Gasteiger partial charge in [-0.05, 0) is 56.0 Å². The largest absolute Gasteiger partial charge is 0.311 e. The SMILES string of the molecule is Cc1ccc(C)c(N2CC(C(=O)N3c4ccccc4CC3C)CC2=O)c1. The van der Waals surface area contributed by atoms with Crippen molar-refractivity contribution in [3.05, 3.63) is 59.2 Å². The minimum absolute atomic E-state index is 0.0391. The van der Waals surface area contributed by atoms with Crippen LogP contribution in [0.15, 0.2) is 42.5 Å². The first-order valence-electron chi connectivity index (χ1n) is 9.24. The van der Waals surface area contributed by atoms with Crippen molar-refractivity contribution in [1.29, 1.82) is 0 Å². The molecule has 2 atom stereocenters. The molecule has 2 aliphatic rings. The number of aryl methyl sites for hydroxylation is 2. The smallest absolute Gasteiger partial charge is 0.232 e. The Balaban J connectivity index is 1.59. The first-order valence-corrected chi connectivity index (χ1v) is 9.24. The van der Waals surface area contributed by atoms with Crippen molar-refractivity contribution in [2.24, 2.45) is 5.92 Å². The highest BCUT2D eigenvalue weighted by Crippen LogP contribution is 2.36. The molecule has 4 rings (SSSR count). The Bertz CT molecular complexity index is 889. The van der Waals surface area contributed by atoms with E-state index in [-0.39, 0.29) is 30.2 Å². The molecule has 0 aliphatic carbocycles. The lowest BCUT2D eigenvalue weighted by molar-refractivity contribution is -0.124. The number of nitrogens with zero attached hydrogens (tertiary/aromatic N) is 2. The molecular weight excluding hydrogens is 324 g/mol. The maximum atomic E-state index is 13.2. The average molecular weight is 348 g/mol. The van der Waals surface area contributed by atoms with Crippen LogP contribution in [0.1, 0.15) is 30.0 Å². The number of para-hydroxylation sites is 1. The van der Waals surface area contributed by atoms with E-state index in [0.29, 0.717) is 6.54 Å². The second kappa shape index (κ2) is 6.27. The van der Waals surface area contributed by atoms with Crippen molar-refractivity contribution in [2.45, 2.75) is 39.7 Å². The van der Waals surface area contributed by atoms with Gasteiger partial charge in [0.1, 0.15) is 0 Å². The van der Waals surface area contributed by atoms with Crippen LogP contribution in [0.4, 0.5) is 11.4 Å². The van der Waals surface area contributed by atoms with Gasteiger partial charge in [0.25, 0.3) is 0 Å². The summed E-state index contributed by atoms with van der Waals surface area (Å²) in [6.07, 6.45) is 1.17. The van der Waals surface area contributed by atoms with Crippen LogP contribution in [-0.2, 0) is 16.0 Å². The minimum Gasteiger partial charge on any atom is -0.311 e. The zero-order chi connectivity index (χ0) is 18.4. The maximum absolute atomic E-state index is 13.2. The fourth-order valence-corrected chi connectivity index (χ4v) is 4.21. The summed E-state index contributed by atoms with van der Waals surface area (Å²) in [4.78, 5) is 29.6. The zero-order valence-electron chi connectivity index (χ0n) is 15.5. The van der Waals surface area contributed by atoms with Gasteiger partial charge in [0, 0.05) is 30.4 Å². The second-order valence-corrected chi connectivity index (χ2v) is 7.59. The summed E-state index contributed by atoms with van der Waals surface area (Å²) < 4.78 is 0. The Morgan fingerprint density at radius 3 is 2.62 bits per heavy atom. The molecule has 26 heavy (non-hydrogen) atoms. The Morgan fingerprint density at radius 1 is 1.04 bits per heavy atom. The van der Waals surface area contributed by atoms with Gasteiger partial charge in [-0.1, -0.05) is 30.3 Å². The third-order valence-corrected chi connectivity index (χ3v) is 5.57. The summed E-state index contributed by atoms with van der Waals surface area (Å²) >= 11 is 0. The lowest BCUT2D eigenvalue weighted by Gasteiger charge is -2.26. The molecule has 1 fully saturated rings. The Labute approximate surface area is 154 Å². The van der Waals surface area contributed by atoms with E-state index in [1.54, 1.807) is 4.90 Å². The van der Waals surface area contributed by atoms with Gasteiger partial charge >= 0.3 is 0 Å². The molecule has 2 amide bonds. The number of carbonyl (C=O) groups is 2. The van der Waals surface area contributed by atoms with E-state index in [4.69, 9.17) is 0 Å². The third kappa shape index (κ3) is 2.70. The molecule has 2 aromatic rings. The van der Waals surface area contributed by atoms with E-state index >= 15 is 0 Å². The molecule has 0 N–H and O–H groups in total. The highest BCUT2D eigenvalue weighted by atomic mass is 16.2. The number of carbonyl (C=O) groups excluding carboxylic acids is 2. The van der Waals surface area contributed by atoms with Crippen LogP contribution in [0.3, 0.4) is 0 Å². The fraction of sp³-hybridized carbons (Fsp3) is 0.364. The number of anilines is 2. The normalized spacial score (nSPS) is 22.0. The monoisotopic (exact) mass is 348 g/mol. The highest BCUT2D eigenvalue weighted by molar-refractivity contribution is 6.05. The van der Waals surface area contributed by atoms with E-state index in [0.717, 1.165) is 28.9 Å². The first-order chi connectivity index (χ1) is 12.5. The van der Waals surface area contributed by atoms with E-state index in [1.807, 2.05) is 55.1 Å². The highest BCUT2D eigenvalue weighted by Gasteiger charge is 2.41.